The number of hydrogen-bond acceptors (Lipinski definition) is 6. The molecular formula is C12H15NO6S2. The Morgan fingerprint density at radius 3 is 2.62 bits per heavy atom. The largest absolute Gasteiger partial charge is 0.477 e. The van der Waals surface area contributed by atoms with E-state index in [0.717, 1.165) is 21.7 Å². The van der Waals surface area contributed by atoms with Gasteiger partial charge in [-0.25, -0.2) is 13.2 Å². The van der Waals surface area contributed by atoms with Crippen LogP contribution in [0.25, 0.3) is 0 Å². The molecule has 2 rings (SSSR count). The molecule has 9 heteroatoms. The van der Waals surface area contributed by atoms with Gasteiger partial charge in [0.05, 0.1) is 11.5 Å². The van der Waals surface area contributed by atoms with Crippen LogP contribution in [0.3, 0.4) is 0 Å². The van der Waals surface area contributed by atoms with E-state index in [-0.39, 0.29) is 29.0 Å². The zero-order chi connectivity index (χ0) is 15.6. The van der Waals surface area contributed by atoms with E-state index < -0.39 is 22.0 Å². The van der Waals surface area contributed by atoms with E-state index >= 15 is 0 Å². The van der Waals surface area contributed by atoms with E-state index in [9.17, 15) is 18.0 Å². The Hall–Kier alpha value is -1.45. The fraction of sp³-hybridized carbons (Fsp3) is 0.500. The summed E-state index contributed by atoms with van der Waals surface area (Å²) in [7, 11) is -3.88. The van der Waals surface area contributed by atoms with Crippen LogP contribution in [0.5, 0.6) is 0 Å². The molecule has 1 heterocycles. The summed E-state index contributed by atoms with van der Waals surface area (Å²) in [5.41, 5.74) is 0. The molecule has 0 aliphatic heterocycles. The van der Waals surface area contributed by atoms with Crippen molar-refractivity contribution in [3.63, 3.8) is 0 Å². The Kier molecular flexibility index (Phi) is 4.64. The van der Waals surface area contributed by atoms with Gasteiger partial charge in [-0.2, -0.15) is 4.31 Å². The molecule has 1 aromatic heterocycles. The minimum absolute atomic E-state index is 0.0551. The van der Waals surface area contributed by atoms with Crippen LogP contribution < -0.4 is 0 Å². The molecule has 1 fully saturated rings. The van der Waals surface area contributed by atoms with Gasteiger partial charge in [0.2, 0.25) is 10.0 Å². The summed E-state index contributed by atoms with van der Waals surface area (Å²) in [6.07, 6.45) is 1.38. The van der Waals surface area contributed by atoms with E-state index in [1.54, 1.807) is 6.92 Å². The summed E-state index contributed by atoms with van der Waals surface area (Å²) >= 11 is 0.842. The molecule has 0 spiro atoms. The summed E-state index contributed by atoms with van der Waals surface area (Å²) in [4.78, 5) is 22.3. The second-order valence-electron chi connectivity index (χ2n) is 4.54. The Morgan fingerprint density at radius 1 is 1.48 bits per heavy atom. The molecule has 0 radical (unpaired) electrons. The Labute approximate surface area is 126 Å². The molecule has 0 saturated heterocycles. The molecule has 0 atom stereocenters. The highest BCUT2D eigenvalue weighted by Gasteiger charge is 2.40. The van der Waals surface area contributed by atoms with E-state index in [1.807, 2.05) is 0 Å². The van der Waals surface area contributed by atoms with Gasteiger partial charge in [0, 0.05) is 11.4 Å². The lowest BCUT2D eigenvalue weighted by molar-refractivity contribution is -0.143. The van der Waals surface area contributed by atoms with E-state index in [4.69, 9.17) is 9.84 Å². The van der Waals surface area contributed by atoms with Crippen LogP contribution in [-0.2, 0) is 19.6 Å². The van der Waals surface area contributed by atoms with Crippen molar-refractivity contribution in [1.82, 2.24) is 4.31 Å². The maximum absolute atomic E-state index is 12.5. The second kappa shape index (κ2) is 6.12. The zero-order valence-corrected chi connectivity index (χ0v) is 12.9. The fourth-order valence-corrected chi connectivity index (χ4v) is 4.54. The van der Waals surface area contributed by atoms with Crippen LogP contribution in [0.2, 0.25) is 0 Å². The molecule has 1 aromatic rings. The zero-order valence-electron chi connectivity index (χ0n) is 11.3. The van der Waals surface area contributed by atoms with Crippen molar-refractivity contribution in [3.8, 4) is 0 Å². The SMILES string of the molecule is CCOC(=O)CN(C1CC1)S(=O)(=O)c1csc(C(=O)O)c1. The minimum Gasteiger partial charge on any atom is -0.477 e. The maximum atomic E-state index is 12.5. The van der Waals surface area contributed by atoms with Gasteiger partial charge in [0.25, 0.3) is 0 Å². The summed E-state index contributed by atoms with van der Waals surface area (Å²) in [5, 5.41) is 10.1. The van der Waals surface area contributed by atoms with Crippen LogP contribution >= 0.6 is 11.3 Å². The van der Waals surface area contributed by atoms with Gasteiger partial charge in [-0.05, 0) is 25.8 Å². The molecule has 7 nitrogen and oxygen atoms in total. The predicted molar refractivity (Wildman–Crippen MR) is 74.8 cm³/mol. The Balaban J connectivity index is 2.24. The molecule has 0 aromatic carbocycles. The van der Waals surface area contributed by atoms with Crippen LogP contribution in [0.1, 0.15) is 29.4 Å². The van der Waals surface area contributed by atoms with E-state index in [1.165, 1.54) is 5.38 Å². The number of hydrogen-bond donors (Lipinski definition) is 1. The number of carboxylic acid groups (broad SMARTS) is 1. The maximum Gasteiger partial charge on any atom is 0.345 e. The number of thiophene rings is 1. The topological polar surface area (TPSA) is 101 Å². The number of rotatable bonds is 7. The first kappa shape index (κ1) is 15.9. The van der Waals surface area contributed by atoms with Crippen molar-refractivity contribution in [2.24, 2.45) is 0 Å². The average molecular weight is 333 g/mol. The number of nitrogens with zero attached hydrogens (tertiary/aromatic N) is 1. The number of carbonyl (C=O) groups is 2. The molecule has 116 valence electrons. The van der Waals surface area contributed by atoms with E-state index in [2.05, 4.69) is 0 Å². The molecule has 1 N–H and O–H groups in total. The second-order valence-corrected chi connectivity index (χ2v) is 7.34. The van der Waals surface area contributed by atoms with Crippen molar-refractivity contribution in [2.75, 3.05) is 13.2 Å². The number of aromatic carboxylic acids is 1. The summed E-state index contributed by atoms with van der Waals surface area (Å²) in [6.45, 7) is 1.48. The van der Waals surface area contributed by atoms with Crippen molar-refractivity contribution >= 4 is 33.3 Å². The number of sulfonamides is 1. The number of ether oxygens (including phenoxy) is 1. The van der Waals surface area contributed by atoms with E-state index in [0.29, 0.717) is 12.8 Å². The van der Waals surface area contributed by atoms with Gasteiger partial charge in [0.15, 0.2) is 0 Å². The Morgan fingerprint density at radius 2 is 2.14 bits per heavy atom. The van der Waals surface area contributed by atoms with Crippen molar-refractivity contribution in [2.45, 2.75) is 30.7 Å². The summed E-state index contributed by atoms with van der Waals surface area (Å²) < 4.78 is 30.9. The highest BCUT2D eigenvalue weighted by atomic mass is 32.2. The number of esters is 1. The summed E-state index contributed by atoms with van der Waals surface area (Å²) in [6, 6.07) is 0.899. The van der Waals surface area contributed by atoms with Gasteiger partial charge in [-0.1, -0.05) is 0 Å². The quantitative estimate of drug-likeness (QED) is 0.752. The molecule has 1 aliphatic carbocycles. The lowest BCUT2D eigenvalue weighted by Gasteiger charge is -2.20. The highest BCUT2D eigenvalue weighted by molar-refractivity contribution is 7.89. The standard InChI is InChI=1S/C12H15NO6S2/c1-2-19-11(14)6-13(8-3-4-8)21(17,18)9-5-10(12(15)16)20-7-9/h5,7-8H,2-4,6H2,1H3,(H,15,16). The van der Waals surface area contributed by atoms with Gasteiger partial charge >= 0.3 is 11.9 Å². The lowest BCUT2D eigenvalue weighted by atomic mass is 10.5. The first-order valence-electron chi connectivity index (χ1n) is 6.35. The minimum atomic E-state index is -3.88. The van der Waals surface area contributed by atoms with Crippen molar-refractivity contribution in [3.05, 3.63) is 16.3 Å². The molecule has 0 bridgehead atoms. The summed E-state index contributed by atoms with van der Waals surface area (Å²) in [5.74, 6) is -1.79. The van der Waals surface area contributed by atoms with Crippen LogP contribution in [0.15, 0.2) is 16.3 Å². The lowest BCUT2D eigenvalue weighted by Crippen LogP contribution is -2.38. The van der Waals surface area contributed by atoms with Crippen molar-refractivity contribution < 1.29 is 27.9 Å². The van der Waals surface area contributed by atoms with Gasteiger partial charge < -0.3 is 9.84 Å². The molecule has 21 heavy (non-hydrogen) atoms. The third-order valence-corrected chi connectivity index (χ3v) is 5.88. The molecule has 1 saturated carbocycles. The van der Waals surface area contributed by atoms with Crippen LogP contribution in [0, 0.1) is 0 Å². The number of carboxylic acids is 1. The van der Waals surface area contributed by atoms with Crippen molar-refractivity contribution in [1.29, 1.82) is 0 Å². The Bertz CT molecular complexity index is 646. The molecule has 0 amide bonds. The smallest absolute Gasteiger partial charge is 0.345 e. The van der Waals surface area contributed by atoms with Gasteiger partial charge in [-0.15, -0.1) is 11.3 Å². The van der Waals surface area contributed by atoms with Crippen LogP contribution in [-0.4, -0.2) is 49.0 Å². The fourth-order valence-electron chi connectivity index (χ4n) is 1.81. The number of carbonyl (C=O) groups excluding carboxylic acids is 1. The molecule has 1 aliphatic rings. The third kappa shape index (κ3) is 3.60. The van der Waals surface area contributed by atoms with Gasteiger partial charge in [-0.3, -0.25) is 4.79 Å². The molecular weight excluding hydrogens is 318 g/mol. The highest BCUT2D eigenvalue weighted by Crippen LogP contribution is 2.33. The predicted octanol–water partition coefficient (Wildman–Crippen LogP) is 1.16. The first-order valence-corrected chi connectivity index (χ1v) is 8.67. The average Bonchev–Trinajstić information content (AvgIpc) is 3.10. The molecule has 0 unspecified atom stereocenters. The normalized spacial score (nSPS) is 15.1. The monoisotopic (exact) mass is 333 g/mol. The first-order chi connectivity index (χ1) is 9.86. The van der Waals surface area contributed by atoms with Crippen LogP contribution in [0.4, 0.5) is 0 Å². The third-order valence-electron chi connectivity index (χ3n) is 2.94. The van der Waals surface area contributed by atoms with Gasteiger partial charge in [0.1, 0.15) is 11.4 Å².